The van der Waals surface area contributed by atoms with Crippen LogP contribution in [0.1, 0.15) is 212 Å². The Morgan fingerprint density at radius 3 is 1.35 bits per heavy atom. The predicted octanol–water partition coefficient (Wildman–Crippen LogP) is 22.5. The maximum atomic E-state index is 14.4. The molecule has 23 nitrogen and oxygen atoms in total. The average Bonchev–Trinajstić information content (AvgIpc) is 1.74. The van der Waals surface area contributed by atoms with Crippen LogP contribution in [0, 0.1) is 31.9 Å². The maximum absolute atomic E-state index is 14.4. The zero-order valence-corrected chi connectivity index (χ0v) is 70.1. The van der Waals surface area contributed by atoms with Crippen LogP contribution >= 0.6 is 11.6 Å². The molecule has 3 N–H and O–H groups in total. The van der Waals surface area contributed by atoms with Gasteiger partial charge in [0.25, 0.3) is 11.4 Å². The lowest BCUT2D eigenvalue weighted by Crippen LogP contribution is -2.45. The highest BCUT2D eigenvalue weighted by atomic mass is 35.5. The van der Waals surface area contributed by atoms with Crippen LogP contribution in [-0.4, -0.2) is 104 Å². The molecule has 0 radical (unpaired) electrons. The highest BCUT2D eigenvalue weighted by molar-refractivity contribution is 6.61. The number of aromatic nitrogens is 2. The van der Waals surface area contributed by atoms with Crippen molar-refractivity contribution < 1.29 is 80.4 Å². The van der Waals surface area contributed by atoms with Crippen molar-refractivity contribution >= 4 is 70.0 Å². The minimum atomic E-state index is -0.978. The smallest absolute Gasteiger partial charge is 0.417 e. The van der Waals surface area contributed by atoms with Gasteiger partial charge in [-0.25, -0.2) is 18.4 Å². The molecule has 3 saturated heterocycles. The minimum absolute atomic E-state index is 0. The Kier molecular flexibility index (Phi) is 31.3. The van der Waals surface area contributed by atoms with Crippen molar-refractivity contribution in [3.8, 4) is 56.3 Å². The van der Waals surface area contributed by atoms with Gasteiger partial charge in [0, 0.05) is 95.6 Å². The zero-order valence-electron chi connectivity index (χ0n) is 69.3. The summed E-state index contributed by atoms with van der Waals surface area (Å²) in [4.78, 5) is 79.4. The first-order chi connectivity index (χ1) is 55.7. The van der Waals surface area contributed by atoms with Gasteiger partial charge < -0.3 is 48.4 Å². The summed E-state index contributed by atoms with van der Waals surface area (Å²) in [5.41, 5.74) is 20.7. The first-order valence-corrected chi connectivity index (χ1v) is 40.2. The Labute approximate surface area is 700 Å². The van der Waals surface area contributed by atoms with Crippen molar-refractivity contribution in [2.75, 3.05) is 24.3 Å². The van der Waals surface area contributed by atoms with E-state index in [-0.39, 0.29) is 96.9 Å². The van der Waals surface area contributed by atoms with Crippen molar-refractivity contribution in [1.29, 1.82) is 0 Å². The number of ether oxygens (including phenoxy) is 9. The summed E-state index contributed by atoms with van der Waals surface area (Å²) in [5, 5.41) is 24.0. The third-order valence-corrected chi connectivity index (χ3v) is 19.6. The van der Waals surface area contributed by atoms with Crippen LogP contribution in [0.4, 0.5) is 41.1 Å². The van der Waals surface area contributed by atoms with Gasteiger partial charge in [-0.05, 0) is 250 Å². The molecular formula is C93H109ClF2N6O17. The number of pyridine rings is 2. The lowest BCUT2D eigenvalue weighted by atomic mass is 9.86. The van der Waals surface area contributed by atoms with E-state index in [1.54, 1.807) is 12.1 Å². The number of nitrogen functional groups attached to an aromatic ring is 1. The first kappa shape index (κ1) is 92.2. The molecule has 0 saturated carbocycles. The Balaban J connectivity index is 0.000000225. The number of nitrogens with one attached hydrogen (secondary N) is 1. The molecular weight excluding hydrogens is 1550 g/mol. The quantitative estimate of drug-likeness (QED) is 0.0281. The number of nitro benzene ring substituents is 2. The van der Waals surface area contributed by atoms with Crippen LogP contribution < -0.4 is 20.5 Å². The number of non-ortho nitro benzene ring substituents is 2. The molecule has 0 bridgehead atoms. The highest BCUT2D eigenvalue weighted by Gasteiger charge is 2.39. The van der Waals surface area contributed by atoms with Gasteiger partial charge in [0.2, 0.25) is 0 Å². The second-order valence-electron chi connectivity index (χ2n) is 33.1. The molecule has 6 aromatic carbocycles. The second kappa shape index (κ2) is 40.4. The third-order valence-electron chi connectivity index (χ3n) is 19.5. The number of halogens is 3. The fraction of sp³-hybridized carbons (Fsp3) is 0.419. The molecule has 634 valence electrons. The summed E-state index contributed by atoms with van der Waals surface area (Å²) in [6, 6.07) is 35.3. The van der Waals surface area contributed by atoms with E-state index < -0.39 is 50.2 Å². The van der Waals surface area contributed by atoms with Crippen molar-refractivity contribution in [2.24, 2.45) is 0 Å². The summed E-state index contributed by atoms with van der Waals surface area (Å²) in [7, 11) is 0. The van der Waals surface area contributed by atoms with E-state index in [2.05, 4.69) is 56.0 Å². The van der Waals surface area contributed by atoms with Crippen LogP contribution in [-0.2, 0) is 68.4 Å². The number of hydrogen-bond acceptors (Lipinski definition) is 20. The fourth-order valence-corrected chi connectivity index (χ4v) is 14.9. The monoisotopic (exact) mass is 1650 g/mol. The standard InChI is InChI=1S/C44H48FN3O8.C37H45FN2O4.C7H4ClNO4.C4H8O.CH4/c1-26(2)40-36(22-21-33-24-34(55-44(6,7)54-33)25-38(49)56-43(3,4)5)39(28-11-14-29(45)15-12-28)35-10-8-9-27-13-16-30(23-37(27)41(35)47-40)46-42(50)53-32-19-17-31(18-20-32)48(51)52;1-22(2)34-30(18-17-27-20-28(43-37(6,7)42-27)21-32(41)44-36(3,4)5)33(24-11-14-25(38)15-12-24)29-10-8-9-23-13-16-26(39)19-31(23)35(29)40-34;8-7(10)13-6-3-1-5(2-4-6)9(11)12;1-2-4-5-3-1;/h11-23,26,33-34H,8-10,24-25H2,1-7H3,(H,46,50);11-19,22,27-28H,8-10,20-21,39H2,1-7H3;1-4H;1-4H2;1H4/b22-21+;18-17+;;;/t33-,34-;27-,28-;;;/m11.../s1. The molecule has 2 aliphatic carbocycles. The van der Waals surface area contributed by atoms with Crippen molar-refractivity contribution in [3.05, 3.63) is 222 Å². The minimum Gasteiger partial charge on any atom is -0.460 e. The largest absolute Gasteiger partial charge is 0.460 e. The number of carbonyl (C=O) groups excluding carboxylic acids is 4. The van der Waals surface area contributed by atoms with Gasteiger partial charge in [-0.2, -0.15) is 0 Å². The molecule has 0 unspecified atom stereocenters. The van der Waals surface area contributed by atoms with Crippen molar-refractivity contribution in [2.45, 2.75) is 240 Å². The number of carbonyl (C=O) groups is 4. The number of rotatable bonds is 17. The van der Waals surface area contributed by atoms with Crippen LogP contribution in [0.3, 0.4) is 0 Å². The van der Waals surface area contributed by atoms with Gasteiger partial charge in [0.15, 0.2) is 11.6 Å². The Morgan fingerprint density at radius 1 is 0.571 bits per heavy atom. The van der Waals surface area contributed by atoms with Gasteiger partial charge in [-0.1, -0.05) is 95.8 Å². The molecule has 119 heavy (non-hydrogen) atoms. The lowest BCUT2D eigenvalue weighted by Gasteiger charge is -2.40. The third kappa shape index (κ3) is 26.4. The summed E-state index contributed by atoms with van der Waals surface area (Å²) >= 11 is 4.92. The first-order valence-electron chi connectivity index (χ1n) is 39.8. The van der Waals surface area contributed by atoms with E-state index in [1.165, 1.54) is 91.2 Å². The van der Waals surface area contributed by atoms with E-state index in [0.29, 0.717) is 30.6 Å². The van der Waals surface area contributed by atoms with E-state index in [4.69, 9.17) is 65.2 Å². The molecule has 4 atom stereocenters. The van der Waals surface area contributed by atoms with E-state index >= 15 is 0 Å². The van der Waals surface area contributed by atoms with Gasteiger partial charge in [0.05, 0.1) is 69.9 Å². The number of esters is 2. The van der Waals surface area contributed by atoms with Gasteiger partial charge in [-0.3, -0.25) is 45.1 Å². The number of benzene rings is 6. The average molecular weight is 1660 g/mol. The summed E-state index contributed by atoms with van der Waals surface area (Å²) < 4.78 is 79.4. The summed E-state index contributed by atoms with van der Waals surface area (Å²) in [6.07, 6.45) is 14.8. The molecule has 1 amide bonds. The van der Waals surface area contributed by atoms with Crippen LogP contribution in [0.15, 0.2) is 146 Å². The van der Waals surface area contributed by atoms with E-state index in [9.17, 15) is 48.2 Å². The summed E-state index contributed by atoms with van der Waals surface area (Å²) in [6.45, 7) is 28.9. The molecule has 3 aliphatic heterocycles. The van der Waals surface area contributed by atoms with Crippen molar-refractivity contribution in [1.82, 2.24) is 9.97 Å². The number of nitrogens with zero attached hydrogens (tertiary/aromatic N) is 4. The molecule has 13 rings (SSSR count). The number of amides is 1. The predicted molar refractivity (Wildman–Crippen MR) is 457 cm³/mol. The fourth-order valence-electron chi connectivity index (χ4n) is 14.8. The topological polar surface area (TPSA) is 301 Å². The number of nitrogens with two attached hydrogens (primary N) is 1. The summed E-state index contributed by atoms with van der Waals surface area (Å²) in [5.74, 6) is -2.65. The molecule has 8 aromatic rings. The molecule has 5 aliphatic rings. The second-order valence-corrected chi connectivity index (χ2v) is 33.4. The number of nitro groups is 2. The maximum Gasteiger partial charge on any atom is 0.417 e. The SMILES string of the molecule is C.C1CCOC1.CC(C)c1nc2c(c(-c3ccc(F)cc3)c1/C=C/[C@@H]1C[C@H](CC(=O)OC(C)(C)C)OC(C)(C)O1)CCCc1ccc(N)cc1-2.CC(C)c1nc2c(c(-c3ccc(F)cc3)c1/C=C/[C@@H]1C[C@H](CC(=O)OC(C)(C)C)OC(C)(C)O1)CCCc1ccc(NC(=O)Oc3ccc([N+](=O)[O-])cc3)cc1-2.O=C(Cl)Oc1ccc([N+](=O)[O-])cc1. The van der Waals surface area contributed by atoms with Gasteiger partial charge in [-0.15, -0.1) is 0 Å². The molecule has 2 aromatic heterocycles. The van der Waals surface area contributed by atoms with E-state index in [1.807, 2.05) is 124 Å². The molecule has 0 spiro atoms. The van der Waals surface area contributed by atoms with Crippen LogP contribution in [0.5, 0.6) is 11.5 Å². The number of anilines is 2. The number of aryl methyl sites for hydroxylation is 2. The van der Waals surface area contributed by atoms with Gasteiger partial charge >= 0.3 is 23.5 Å². The van der Waals surface area contributed by atoms with E-state index in [0.717, 1.165) is 129 Å². The van der Waals surface area contributed by atoms with Crippen molar-refractivity contribution in [3.63, 3.8) is 0 Å². The normalized spacial score (nSPS) is 17.7. The lowest BCUT2D eigenvalue weighted by molar-refractivity contribution is -0.385. The van der Waals surface area contributed by atoms with Crippen LogP contribution in [0.2, 0.25) is 0 Å². The Bertz CT molecular complexity index is 4970. The molecule has 5 heterocycles. The van der Waals surface area contributed by atoms with Gasteiger partial charge in [0.1, 0.15) is 34.3 Å². The highest BCUT2D eigenvalue weighted by Crippen LogP contribution is 2.46. The van der Waals surface area contributed by atoms with Crippen LogP contribution in [0.25, 0.3) is 56.9 Å². The Morgan fingerprint density at radius 2 is 0.975 bits per heavy atom. The molecule has 3 fully saturated rings. The number of fused-ring (bicyclic) bond motifs is 6. The Hall–Kier alpha value is -10.7. The zero-order chi connectivity index (χ0) is 85.6. The molecule has 26 heteroatoms. The number of hydrogen-bond donors (Lipinski definition) is 2.